The maximum absolute atomic E-state index is 16.0. The number of benzene rings is 7. The lowest BCUT2D eigenvalue weighted by Crippen LogP contribution is -2.17. The second-order valence-corrected chi connectivity index (χ2v) is 20.7. The Labute approximate surface area is 361 Å². The first-order valence-corrected chi connectivity index (χ1v) is 21.8. The van der Waals surface area contributed by atoms with Crippen LogP contribution in [0.2, 0.25) is 0 Å². The van der Waals surface area contributed by atoms with Crippen molar-refractivity contribution < 1.29 is 4.39 Å². The van der Waals surface area contributed by atoms with E-state index in [9.17, 15) is 0 Å². The van der Waals surface area contributed by atoms with Crippen molar-refractivity contribution in [1.82, 2.24) is 4.98 Å². The average Bonchev–Trinajstić information content (AvgIpc) is 3.60. The highest BCUT2D eigenvalue weighted by Gasteiger charge is 2.38. The molecule has 61 heavy (non-hydrogen) atoms. The second kappa shape index (κ2) is 13.4. The molecule has 0 radical (unpaired) electrons. The molecule has 0 saturated carbocycles. The van der Waals surface area contributed by atoms with Gasteiger partial charge >= 0.3 is 0 Å². The van der Waals surface area contributed by atoms with E-state index in [1.807, 2.05) is 24.4 Å². The molecule has 1 heterocycles. The van der Waals surface area contributed by atoms with Crippen molar-refractivity contribution in [2.45, 2.75) is 90.9 Å². The standard InChI is InChI=1S/C59H54FN/c1-56(2,3)43-17-21-49-47-19-15-36(31-51(47)58(7,8)53(49)33-43)38-25-39(37-16-20-48-50-22-18-44(57(4,5)6)34-54(50)59(9,10)52(48)32-37)27-40(26-38)41-28-42(30-45(60)29-41)55-46-14-12-11-13-35(46)23-24-61-55/h11-34H,1-10H3. The molecule has 0 amide bonds. The summed E-state index contributed by atoms with van der Waals surface area (Å²) in [6.45, 7) is 23.2. The molecular formula is C59H54FN. The molecule has 1 nitrogen and oxygen atoms in total. The molecule has 10 rings (SSSR count). The minimum atomic E-state index is -0.285. The van der Waals surface area contributed by atoms with Crippen molar-refractivity contribution in [3.05, 3.63) is 185 Å². The Morgan fingerprint density at radius 3 is 1.33 bits per heavy atom. The molecule has 2 aliphatic carbocycles. The fraction of sp³-hybridized carbons (Fsp3) is 0.237. The number of rotatable bonds is 4. The van der Waals surface area contributed by atoms with E-state index in [0.29, 0.717) is 0 Å². The van der Waals surface area contributed by atoms with Gasteiger partial charge in [-0.05, 0) is 160 Å². The monoisotopic (exact) mass is 795 g/mol. The molecule has 0 aliphatic heterocycles. The van der Waals surface area contributed by atoms with Gasteiger partial charge in [0.25, 0.3) is 0 Å². The normalized spacial score (nSPS) is 14.7. The van der Waals surface area contributed by atoms with Crippen molar-refractivity contribution in [1.29, 1.82) is 0 Å². The minimum absolute atomic E-state index is 0.0628. The molecule has 8 aromatic rings. The van der Waals surface area contributed by atoms with Gasteiger partial charge in [0, 0.05) is 28.0 Å². The van der Waals surface area contributed by atoms with Gasteiger partial charge in [-0.2, -0.15) is 0 Å². The van der Waals surface area contributed by atoms with Gasteiger partial charge in [-0.15, -0.1) is 0 Å². The fourth-order valence-corrected chi connectivity index (χ4v) is 10.1. The van der Waals surface area contributed by atoms with Crippen molar-refractivity contribution in [3.8, 4) is 66.9 Å². The van der Waals surface area contributed by atoms with Crippen molar-refractivity contribution in [2.75, 3.05) is 0 Å². The number of hydrogen-bond donors (Lipinski definition) is 0. The van der Waals surface area contributed by atoms with E-state index < -0.39 is 0 Å². The number of aromatic nitrogens is 1. The van der Waals surface area contributed by atoms with Crippen LogP contribution in [0.3, 0.4) is 0 Å². The number of fused-ring (bicyclic) bond motifs is 7. The first-order valence-electron chi connectivity index (χ1n) is 21.8. The summed E-state index contributed by atoms with van der Waals surface area (Å²) in [6.07, 6.45) is 1.82. The van der Waals surface area contributed by atoms with Crippen LogP contribution in [0.1, 0.15) is 103 Å². The third-order valence-electron chi connectivity index (χ3n) is 13.9. The predicted octanol–water partition coefficient (Wildman–Crippen LogP) is 16.2. The van der Waals surface area contributed by atoms with Gasteiger partial charge in [-0.3, -0.25) is 4.98 Å². The van der Waals surface area contributed by atoms with E-state index in [-0.39, 0.29) is 27.5 Å². The Balaban J connectivity index is 1.14. The summed E-state index contributed by atoms with van der Waals surface area (Å²) in [5.41, 5.74) is 21.0. The zero-order valence-corrected chi connectivity index (χ0v) is 37.2. The second-order valence-electron chi connectivity index (χ2n) is 20.7. The molecular weight excluding hydrogens is 742 g/mol. The Morgan fingerprint density at radius 2 is 0.820 bits per heavy atom. The number of halogens is 1. The van der Waals surface area contributed by atoms with Crippen molar-refractivity contribution >= 4 is 10.8 Å². The van der Waals surface area contributed by atoms with Crippen LogP contribution in [-0.2, 0) is 21.7 Å². The molecule has 0 N–H and O–H groups in total. The van der Waals surface area contributed by atoms with Crippen LogP contribution in [0.5, 0.6) is 0 Å². The zero-order chi connectivity index (χ0) is 42.8. The van der Waals surface area contributed by atoms with Crippen LogP contribution < -0.4 is 0 Å². The van der Waals surface area contributed by atoms with Gasteiger partial charge in [-0.25, -0.2) is 4.39 Å². The van der Waals surface area contributed by atoms with Crippen LogP contribution >= 0.6 is 0 Å². The first-order chi connectivity index (χ1) is 28.9. The largest absolute Gasteiger partial charge is 0.256 e. The Kier molecular flexibility index (Phi) is 8.60. The third kappa shape index (κ3) is 6.37. The van der Waals surface area contributed by atoms with E-state index in [1.54, 1.807) is 12.1 Å². The van der Waals surface area contributed by atoms with Crippen LogP contribution in [0.25, 0.3) is 77.7 Å². The van der Waals surface area contributed by atoms with Gasteiger partial charge < -0.3 is 0 Å². The molecule has 2 aliphatic rings. The van der Waals surface area contributed by atoms with Crippen LogP contribution in [0.15, 0.2) is 146 Å². The summed E-state index contributed by atoms with van der Waals surface area (Å²) in [4.78, 5) is 4.78. The highest BCUT2D eigenvalue weighted by molar-refractivity contribution is 5.96. The quantitative estimate of drug-likeness (QED) is 0.173. The predicted molar refractivity (Wildman–Crippen MR) is 256 cm³/mol. The van der Waals surface area contributed by atoms with E-state index in [4.69, 9.17) is 4.98 Å². The maximum Gasteiger partial charge on any atom is 0.124 e. The summed E-state index contributed by atoms with van der Waals surface area (Å²) in [7, 11) is 0. The van der Waals surface area contributed by atoms with Crippen LogP contribution in [0, 0.1) is 5.82 Å². The van der Waals surface area contributed by atoms with E-state index in [2.05, 4.69) is 178 Å². The molecule has 7 aromatic carbocycles. The SMILES string of the molecule is CC(C)(C)c1ccc2c(c1)C(C)(C)c1cc(-c3cc(-c4cc(F)cc(-c5nccc6ccccc56)c4)cc(-c4ccc5c(c4)C(C)(C)c4cc(C(C)(C)C)ccc4-5)c3)ccc1-2. The molecule has 0 atom stereocenters. The lowest BCUT2D eigenvalue weighted by molar-refractivity contribution is 0.584. The number of hydrogen-bond acceptors (Lipinski definition) is 1. The van der Waals surface area contributed by atoms with Gasteiger partial charge in [0.1, 0.15) is 5.82 Å². The third-order valence-corrected chi connectivity index (χ3v) is 13.9. The summed E-state index contributed by atoms with van der Waals surface area (Å²) in [6, 6.07) is 50.5. The lowest BCUT2D eigenvalue weighted by atomic mass is 9.78. The molecule has 302 valence electrons. The highest BCUT2D eigenvalue weighted by Crippen LogP contribution is 2.53. The average molecular weight is 796 g/mol. The topological polar surface area (TPSA) is 12.9 Å². The molecule has 0 bridgehead atoms. The lowest BCUT2D eigenvalue weighted by Gasteiger charge is -2.25. The Morgan fingerprint density at radius 1 is 0.410 bits per heavy atom. The van der Waals surface area contributed by atoms with Gasteiger partial charge in [0.05, 0.1) is 5.69 Å². The summed E-state index contributed by atoms with van der Waals surface area (Å²) in [5, 5.41) is 2.08. The Bertz CT molecular complexity index is 2960. The summed E-state index contributed by atoms with van der Waals surface area (Å²) < 4.78 is 16.0. The fourth-order valence-electron chi connectivity index (χ4n) is 10.1. The molecule has 0 saturated heterocycles. The zero-order valence-electron chi connectivity index (χ0n) is 37.2. The minimum Gasteiger partial charge on any atom is -0.256 e. The molecule has 0 spiro atoms. The summed E-state index contributed by atoms with van der Waals surface area (Å²) in [5.74, 6) is -0.285. The Hall–Kier alpha value is -6.12. The van der Waals surface area contributed by atoms with Gasteiger partial charge in [0.2, 0.25) is 0 Å². The molecule has 1 aromatic heterocycles. The summed E-state index contributed by atoms with van der Waals surface area (Å²) >= 11 is 0. The van der Waals surface area contributed by atoms with Crippen molar-refractivity contribution in [3.63, 3.8) is 0 Å². The molecule has 0 fully saturated rings. The molecule has 0 unspecified atom stereocenters. The van der Waals surface area contributed by atoms with Crippen molar-refractivity contribution in [2.24, 2.45) is 0 Å². The van der Waals surface area contributed by atoms with Gasteiger partial charge in [0.15, 0.2) is 0 Å². The van der Waals surface area contributed by atoms with Gasteiger partial charge in [-0.1, -0.05) is 154 Å². The highest BCUT2D eigenvalue weighted by atomic mass is 19.1. The number of pyridine rings is 1. The first kappa shape index (κ1) is 39.0. The maximum atomic E-state index is 16.0. The van der Waals surface area contributed by atoms with Crippen LogP contribution in [0.4, 0.5) is 4.39 Å². The van der Waals surface area contributed by atoms with E-state index in [0.717, 1.165) is 55.4 Å². The van der Waals surface area contributed by atoms with Crippen LogP contribution in [-0.4, -0.2) is 4.98 Å². The van der Waals surface area contributed by atoms with E-state index in [1.165, 1.54) is 55.6 Å². The smallest absolute Gasteiger partial charge is 0.124 e. The molecule has 2 heteroatoms. The number of nitrogens with zero attached hydrogens (tertiary/aromatic N) is 1. The van der Waals surface area contributed by atoms with E-state index >= 15 is 4.39 Å².